The molecule has 0 saturated carbocycles. The highest BCUT2D eigenvalue weighted by Crippen LogP contribution is 2.09. The molecule has 2 heterocycles. The van der Waals surface area contributed by atoms with Crippen LogP contribution in [0.3, 0.4) is 0 Å². The van der Waals surface area contributed by atoms with Crippen molar-refractivity contribution in [1.82, 2.24) is 15.1 Å². The fourth-order valence-electron chi connectivity index (χ4n) is 1.20. The van der Waals surface area contributed by atoms with Crippen molar-refractivity contribution in [2.24, 2.45) is 0 Å². The number of amides is 1. The van der Waals surface area contributed by atoms with Crippen LogP contribution in [0.2, 0.25) is 0 Å². The van der Waals surface area contributed by atoms with Crippen LogP contribution < -0.4 is 5.32 Å². The Kier molecular flexibility index (Phi) is 3.00. The Bertz CT molecular complexity index is 607. The summed E-state index contributed by atoms with van der Waals surface area (Å²) in [7, 11) is 0. The number of hydrogen-bond donors (Lipinski definition) is 2. The highest BCUT2D eigenvalue weighted by Gasteiger charge is 2.14. The molecule has 0 spiro atoms. The molecule has 2 aromatic rings. The van der Waals surface area contributed by atoms with Gasteiger partial charge in [-0.05, 0) is 12.1 Å². The van der Waals surface area contributed by atoms with E-state index >= 15 is 0 Å². The molecular weight excluding hydrogens is 240 g/mol. The third-order valence-corrected chi connectivity index (χ3v) is 1.97. The van der Waals surface area contributed by atoms with E-state index in [0.29, 0.717) is 0 Å². The molecule has 0 aliphatic rings. The molecule has 0 radical (unpaired) electrons. The molecule has 2 aromatic heterocycles. The minimum absolute atomic E-state index is 0.124. The van der Waals surface area contributed by atoms with Gasteiger partial charge in [0.05, 0.1) is 0 Å². The van der Waals surface area contributed by atoms with Crippen LogP contribution in [0.1, 0.15) is 27.0 Å². The Morgan fingerprint density at radius 1 is 1.44 bits per heavy atom. The first-order chi connectivity index (χ1) is 8.56. The molecule has 8 heteroatoms. The number of aromatic carboxylic acids is 1. The van der Waals surface area contributed by atoms with E-state index < -0.39 is 11.9 Å². The van der Waals surface area contributed by atoms with Crippen molar-refractivity contribution in [3.8, 4) is 0 Å². The summed E-state index contributed by atoms with van der Waals surface area (Å²) < 4.78 is 4.66. The summed E-state index contributed by atoms with van der Waals surface area (Å²) in [6, 6.07) is 2.68. The van der Waals surface area contributed by atoms with Crippen LogP contribution in [0.25, 0.3) is 0 Å². The van der Waals surface area contributed by atoms with Crippen molar-refractivity contribution in [3.05, 3.63) is 35.7 Å². The summed E-state index contributed by atoms with van der Waals surface area (Å²) in [6.45, 7) is 1.55. The Hall–Kier alpha value is -2.77. The van der Waals surface area contributed by atoms with Gasteiger partial charge < -0.3 is 14.9 Å². The zero-order valence-corrected chi connectivity index (χ0v) is 9.25. The summed E-state index contributed by atoms with van der Waals surface area (Å²) in [5, 5.41) is 14.6. The molecule has 0 aromatic carbocycles. The van der Waals surface area contributed by atoms with Crippen LogP contribution in [0.5, 0.6) is 0 Å². The number of carboxylic acids is 1. The predicted molar refractivity (Wildman–Crippen MR) is 58.2 cm³/mol. The van der Waals surface area contributed by atoms with Crippen LogP contribution in [-0.4, -0.2) is 32.1 Å². The quantitative estimate of drug-likeness (QED) is 0.821. The fourth-order valence-corrected chi connectivity index (χ4v) is 1.20. The molecule has 2 rings (SSSR count). The number of rotatable bonds is 3. The summed E-state index contributed by atoms with van der Waals surface area (Å²) in [6.07, 6.45) is 1.28. The van der Waals surface area contributed by atoms with Gasteiger partial charge in [-0.3, -0.25) is 4.79 Å². The molecule has 2 N–H and O–H groups in total. The van der Waals surface area contributed by atoms with E-state index in [0.717, 1.165) is 0 Å². The number of hydrogen-bond acceptors (Lipinski definition) is 6. The number of carbonyl (C=O) groups excluding carboxylic acids is 1. The summed E-state index contributed by atoms with van der Waals surface area (Å²) in [5.74, 6) is -1.63. The first kappa shape index (κ1) is 11.7. The van der Waals surface area contributed by atoms with Gasteiger partial charge in [0.15, 0.2) is 0 Å². The maximum Gasteiger partial charge on any atom is 0.354 e. The molecule has 0 unspecified atom stereocenters. The predicted octanol–water partition coefficient (Wildman–Crippen LogP) is 0.724. The van der Waals surface area contributed by atoms with Crippen LogP contribution in [0.4, 0.5) is 5.69 Å². The fraction of sp³-hybridized carbons (Fsp3) is 0.100. The second-order valence-electron chi connectivity index (χ2n) is 3.33. The third kappa shape index (κ3) is 2.48. The SMILES string of the molecule is Cc1nc(C(=O)Nc2ccnc(C(=O)O)c2)no1. The number of pyridine rings is 1. The maximum absolute atomic E-state index is 11.6. The Balaban J connectivity index is 2.16. The molecule has 0 atom stereocenters. The van der Waals surface area contributed by atoms with Crippen LogP contribution >= 0.6 is 0 Å². The lowest BCUT2D eigenvalue weighted by atomic mass is 10.3. The molecule has 1 amide bonds. The summed E-state index contributed by atoms with van der Waals surface area (Å²) in [5.41, 5.74) is 0.118. The van der Waals surface area contributed by atoms with E-state index in [1.54, 1.807) is 6.92 Å². The smallest absolute Gasteiger partial charge is 0.354 e. The zero-order valence-electron chi connectivity index (χ0n) is 9.25. The van der Waals surface area contributed by atoms with Crippen molar-refractivity contribution in [2.45, 2.75) is 6.92 Å². The lowest BCUT2D eigenvalue weighted by Gasteiger charge is -2.02. The number of nitrogens with zero attached hydrogens (tertiary/aromatic N) is 3. The molecule has 0 fully saturated rings. The lowest BCUT2D eigenvalue weighted by Crippen LogP contribution is -2.14. The van der Waals surface area contributed by atoms with Gasteiger partial charge in [0.2, 0.25) is 5.89 Å². The van der Waals surface area contributed by atoms with Gasteiger partial charge in [-0.25, -0.2) is 9.78 Å². The number of anilines is 1. The molecule has 0 bridgehead atoms. The number of carboxylic acid groups (broad SMARTS) is 1. The number of aryl methyl sites for hydroxylation is 1. The van der Waals surface area contributed by atoms with Gasteiger partial charge in [-0.15, -0.1) is 0 Å². The summed E-state index contributed by atoms with van der Waals surface area (Å²) in [4.78, 5) is 29.7. The number of aromatic nitrogens is 3. The molecule has 0 aliphatic carbocycles. The van der Waals surface area contributed by atoms with Gasteiger partial charge in [0, 0.05) is 18.8 Å². The normalized spacial score (nSPS) is 10.1. The molecule has 18 heavy (non-hydrogen) atoms. The van der Waals surface area contributed by atoms with Gasteiger partial charge in [-0.2, -0.15) is 4.98 Å². The first-order valence-corrected chi connectivity index (χ1v) is 4.87. The van der Waals surface area contributed by atoms with Gasteiger partial charge in [-0.1, -0.05) is 5.16 Å². The average Bonchev–Trinajstić information content (AvgIpc) is 2.76. The summed E-state index contributed by atoms with van der Waals surface area (Å²) >= 11 is 0. The van der Waals surface area contributed by atoms with Crippen molar-refractivity contribution >= 4 is 17.6 Å². The van der Waals surface area contributed by atoms with Gasteiger partial charge in [0.25, 0.3) is 11.7 Å². The van der Waals surface area contributed by atoms with Crippen molar-refractivity contribution < 1.29 is 19.2 Å². The van der Waals surface area contributed by atoms with E-state index in [4.69, 9.17) is 5.11 Å². The van der Waals surface area contributed by atoms with E-state index in [1.165, 1.54) is 18.3 Å². The monoisotopic (exact) mass is 248 g/mol. The van der Waals surface area contributed by atoms with Crippen molar-refractivity contribution in [1.29, 1.82) is 0 Å². The van der Waals surface area contributed by atoms with Gasteiger partial charge in [0.1, 0.15) is 5.69 Å². The van der Waals surface area contributed by atoms with E-state index in [1.807, 2.05) is 0 Å². The maximum atomic E-state index is 11.6. The number of carbonyl (C=O) groups is 2. The van der Waals surface area contributed by atoms with E-state index in [-0.39, 0.29) is 23.1 Å². The largest absolute Gasteiger partial charge is 0.477 e. The minimum Gasteiger partial charge on any atom is -0.477 e. The van der Waals surface area contributed by atoms with Crippen molar-refractivity contribution in [3.63, 3.8) is 0 Å². The Morgan fingerprint density at radius 2 is 2.22 bits per heavy atom. The van der Waals surface area contributed by atoms with E-state index in [9.17, 15) is 9.59 Å². The van der Waals surface area contributed by atoms with Crippen LogP contribution in [-0.2, 0) is 0 Å². The molecular formula is C10H8N4O4. The highest BCUT2D eigenvalue weighted by molar-refractivity contribution is 6.01. The van der Waals surface area contributed by atoms with Crippen LogP contribution in [0.15, 0.2) is 22.9 Å². The number of nitrogens with one attached hydrogen (secondary N) is 1. The van der Waals surface area contributed by atoms with Gasteiger partial charge >= 0.3 is 5.97 Å². The topological polar surface area (TPSA) is 118 Å². The Morgan fingerprint density at radius 3 is 2.83 bits per heavy atom. The molecule has 8 nitrogen and oxygen atoms in total. The highest BCUT2D eigenvalue weighted by atomic mass is 16.5. The molecule has 0 aliphatic heterocycles. The van der Waals surface area contributed by atoms with Crippen molar-refractivity contribution in [2.75, 3.05) is 5.32 Å². The third-order valence-electron chi connectivity index (χ3n) is 1.97. The molecule has 0 saturated heterocycles. The van der Waals surface area contributed by atoms with Crippen LogP contribution in [0, 0.1) is 6.92 Å². The average molecular weight is 248 g/mol. The zero-order chi connectivity index (χ0) is 13.1. The first-order valence-electron chi connectivity index (χ1n) is 4.87. The minimum atomic E-state index is -1.18. The van der Waals surface area contributed by atoms with E-state index in [2.05, 4.69) is 25.0 Å². The lowest BCUT2D eigenvalue weighted by molar-refractivity contribution is 0.0690. The molecule has 92 valence electrons. The second-order valence-corrected chi connectivity index (χ2v) is 3.33. The standard InChI is InChI=1S/C10H8N4O4/c1-5-12-8(14-18-5)9(15)13-6-2-3-11-7(4-6)10(16)17/h2-4H,1H3,(H,16,17)(H,11,13,15). The Labute approximate surface area is 101 Å². The second kappa shape index (κ2) is 4.62.